The second-order valence-corrected chi connectivity index (χ2v) is 6.27. The zero-order valence-electron chi connectivity index (χ0n) is 13.5. The number of carbonyl (C=O) groups excluding carboxylic acids is 1. The maximum absolute atomic E-state index is 12.1. The molecule has 1 saturated heterocycles. The number of nitrogens with zero attached hydrogens (tertiary/aromatic N) is 2. The molecule has 0 aliphatic carbocycles. The van der Waals surface area contributed by atoms with E-state index in [-0.39, 0.29) is 5.91 Å². The molecule has 4 nitrogen and oxygen atoms in total. The van der Waals surface area contributed by atoms with Gasteiger partial charge in [-0.05, 0) is 43.0 Å². The molecule has 1 fully saturated rings. The van der Waals surface area contributed by atoms with Gasteiger partial charge in [-0.25, -0.2) is 0 Å². The van der Waals surface area contributed by atoms with Gasteiger partial charge in [-0.1, -0.05) is 35.9 Å². The number of carbonyl (C=O) groups is 1. The maximum atomic E-state index is 12.1. The third-order valence-electron chi connectivity index (χ3n) is 4.37. The van der Waals surface area contributed by atoms with E-state index in [9.17, 15) is 4.79 Å². The first-order chi connectivity index (χ1) is 11.2. The van der Waals surface area contributed by atoms with Gasteiger partial charge in [-0.2, -0.15) is 0 Å². The van der Waals surface area contributed by atoms with Crippen LogP contribution in [0.25, 0.3) is 0 Å². The van der Waals surface area contributed by atoms with Crippen LogP contribution in [-0.4, -0.2) is 35.4 Å². The van der Waals surface area contributed by atoms with E-state index >= 15 is 0 Å². The van der Waals surface area contributed by atoms with Crippen LogP contribution >= 0.6 is 0 Å². The molecule has 1 unspecified atom stereocenters. The van der Waals surface area contributed by atoms with Crippen LogP contribution in [-0.2, 0) is 11.3 Å². The van der Waals surface area contributed by atoms with Crippen molar-refractivity contribution in [2.24, 2.45) is 0 Å². The highest BCUT2D eigenvalue weighted by Crippen LogP contribution is 2.27. The zero-order valence-corrected chi connectivity index (χ0v) is 13.5. The molecular weight excluding hydrogens is 286 g/mol. The SMILES string of the molecule is Cc1cccc(C2CCN(CC(=O)NCc3cccnc3)C2)c1. The summed E-state index contributed by atoms with van der Waals surface area (Å²) >= 11 is 0. The van der Waals surface area contributed by atoms with E-state index in [1.807, 2.05) is 12.1 Å². The van der Waals surface area contributed by atoms with Crippen molar-refractivity contribution in [3.05, 3.63) is 65.5 Å². The fraction of sp³-hybridized carbons (Fsp3) is 0.368. The van der Waals surface area contributed by atoms with Gasteiger partial charge in [0, 0.05) is 25.5 Å². The molecule has 120 valence electrons. The largest absolute Gasteiger partial charge is 0.351 e. The smallest absolute Gasteiger partial charge is 0.234 e. The molecular formula is C19H23N3O. The Kier molecular flexibility index (Phi) is 5.03. The second-order valence-electron chi connectivity index (χ2n) is 6.27. The van der Waals surface area contributed by atoms with Crippen LogP contribution in [0, 0.1) is 6.92 Å². The lowest BCUT2D eigenvalue weighted by Gasteiger charge is -2.16. The van der Waals surface area contributed by atoms with Gasteiger partial charge in [0.2, 0.25) is 5.91 Å². The summed E-state index contributed by atoms with van der Waals surface area (Å²) in [5, 5.41) is 2.97. The first-order valence-electron chi connectivity index (χ1n) is 8.15. The monoisotopic (exact) mass is 309 g/mol. The summed E-state index contributed by atoms with van der Waals surface area (Å²) in [6, 6.07) is 12.6. The van der Waals surface area contributed by atoms with Gasteiger partial charge in [-0.3, -0.25) is 14.7 Å². The number of likely N-dealkylation sites (tertiary alicyclic amines) is 1. The fourth-order valence-corrected chi connectivity index (χ4v) is 3.13. The Balaban J connectivity index is 1.47. The van der Waals surface area contributed by atoms with Gasteiger partial charge in [0.15, 0.2) is 0 Å². The molecule has 3 rings (SSSR count). The van der Waals surface area contributed by atoms with Crippen LogP contribution in [0.2, 0.25) is 0 Å². The molecule has 1 atom stereocenters. The van der Waals surface area contributed by atoms with E-state index < -0.39 is 0 Å². The Labute approximate surface area is 137 Å². The summed E-state index contributed by atoms with van der Waals surface area (Å²) in [6.45, 7) is 5.09. The molecule has 1 aromatic carbocycles. The van der Waals surface area contributed by atoms with Gasteiger partial charge < -0.3 is 5.32 Å². The molecule has 4 heteroatoms. The molecule has 0 spiro atoms. The third-order valence-corrected chi connectivity index (χ3v) is 4.37. The summed E-state index contributed by atoms with van der Waals surface area (Å²) in [7, 11) is 0. The van der Waals surface area contributed by atoms with Crippen LogP contribution in [0.5, 0.6) is 0 Å². The van der Waals surface area contributed by atoms with Gasteiger partial charge in [-0.15, -0.1) is 0 Å². The molecule has 1 amide bonds. The fourth-order valence-electron chi connectivity index (χ4n) is 3.13. The molecule has 0 radical (unpaired) electrons. The van der Waals surface area contributed by atoms with E-state index in [2.05, 4.69) is 46.4 Å². The van der Waals surface area contributed by atoms with Crippen LogP contribution < -0.4 is 5.32 Å². The van der Waals surface area contributed by atoms with E-state index in [0.717, 1.165) is 25.1 Å². The molecule has 0 saturated carbocycles. The van der Waals surface area contributed by atoms with Gasteiger partial charge in [0.05, 0.1) is 6.54 Å². The molecule has 1 aromatic heterocycles. The number of hydrogen-bond donors (Lipinski definition) is 1. The molecule has 0 bridgehead atoms. The minimum absolute atomic E-state index is 0.0822. The minimum Gasteiger partial charge on any atom is -0.351 e. The molecule has 1 aliphatic heterocycles. The highest BCUT2D eigenvalue weighted by atomic mass is 16.2. The lowest BCUT2D eigenvalue weighted by molar-refractivity contribution is -0.122. The average molecular weight is 309 g/mol. The average Bonchev–Trinajstić information content (AvgIpc) is 3.02. The highest BCUT2D eigenvalue weighted by Gasteiger charge is 2.25. The molecule has 1 aliphatic rings. The van der Waals surface area contributed by atoms with Crippen LogP contribution in [0.4, 0.5) is 0 Å². The summed E-state index contributed by atoms with van der Waals surface area (Å²) in [5.74, 6) is 0.625. The normalized spacial score (nSPS) is 18.0. The Hall–Kier alpha value is -2.20. The number of pyridine rings is 1. The second kappa shape index (κ2) is 7.38. The molecule has 2 aromatic rings. The van der Waals surface area contributed by atoms with Crippen molar-refractivity contribution < 1.29 is 4.79 Å². The Morgan fingerprint density at radius 2 is 2.26 bits per heavy atom. The Morgan fingerprint density at radius 3 is 3.04 bits per heavy atom. The minimum atomic E-state index is 0.0822. The van der Waals surface area contributed by atoms with Crippen molar-refractivity contribution in [1.82, 2.24) is 15.2 Å². The number of nitrogens with one attached hydrogen (secondary N) is 1. The Morgan fingerprint density at radius 1 is 1.35 bits per heavy atom. The van der Waals surface area contributed by atoms with Crippen molar-refractivity contribution in [3.63, 3.8) is 0 Å². The number of amides is 1. The van der Waals surface area contributed by atoms with E-state index in [1.165, 1.54) is 11.1 Å². The van der Waals surface area contributed by atoms with E-state index in [1.54, 1.807) is 12.4 Å². The number of aromatic nitrogens is 1. The third kappa shape index (κ3) is 4.39. The topological polar surface area (TPSA) is 45.2 Å². The van der Waals surface area contributed by atoms with Crippen LogP contribution in [0.3, 0.4) is 0 Å². The lowest BCUT2D eigenvalue weighted by atomic mass is 9.97. The van der Waals surface area contributed by atoms with Crippen molar-refractivity contribution in [2.75, 3.05) is 19.6 Å². The van der Waals surface area contributed by atoms with E-state index in [0.29, 0.717) is 19.0 Å². The lowest BCUT2D eigenvalue weighted by Crippen LogP contribution is -2.35. The van der Waals surface area contributed by atoms with Crippen LogP contribution in [0.1, 0.15) is 29.0 Å². The maximum Gasteiger partial charge on any atom is 0.234 e. The summed E-state index contributed by atoms with van der Waals surface area (Å²) in [6.07, 6.45) is 4.64. The number of aryl methyl sites for hydroxylation is 1. The standard InChI is InChI=1S/C19H23N3O/c1-15-4-2-6-17(10-15)18-7-9-22(13-18)14-19(23)21-12-16-5-3-8-20-11-16/h2-6,8,10-11,18H,7,9,12-14H2,1H3,(H,21,23). The van der Waals surface area contributed by atoms with Crippen molar-refractivity contribution >= 4 is 5.91 Å². The zero-order chi connectivity index (χ0) is 16.1. The first kappa shape index (κ1) is 15.7. The van der Waals surface area contributed by atoms with Crippen molar-refractivity contribution in [2.45, 2.75) is 25.8 Å². The van der Waals surface area contributed by atoms with Crippen molar-refractivity contribution in [1.29, 1.82) is 0 Å². The van der Waals surface area contributed by atoms with Crippen LogP contribution in [0.15, 0.2) is 48.8 Å². The van der Waals surface area contributed by atoms with Crippen molar-refractivity contribution in [3.8, 4) is 0 Å². The Bertz CT molecular complexity index is 657. The molecule has 2 heterocycles. The number of hydrogen-bond acceptors (Lipinski definition) is 3. The first-order valence-corrected chi connectivity index (χ1v) is 8.15. The quantitative estimate of drug-likeness (QED) is 0.923. The van der Waals surface area contributed by atoms with Gasteiger partial charge in [0.25, 0.3) is 0 Å². The summed E-state index contributed by atoms with van der Waals surface area (Å²) < 4.78 is 0. The highest BCUT2D eigenvalue weighted by molar-refractivity contribution is 5.78. The molecule has 1 N–H and O–H groups in total. The predicted octanol–water partition coefficient (Wildman–Crippen LogP) is 2.50. The number of benzene rings is 1. The summed E-state index contributed by atoms with van der Waals surface area (Å²) in [4.78, 5) is 18.4. The van der Waals surface area contributed by atoms with E-state index in [4.69, 9.17) is 0 Å². The predicted molar refractivity (Wildman–Crippen MR) is 91.1 cm³/mol. The van der Waals surface area contributed by atoms with Gasteiger partial charge in [0.1, 0.15) is 0 Å². The van der Waals surface area contributed by atoms with Gasteiger partial charge >= 0.3 is 0 Å². The number of rotatable bonds is 5. The summed E-state index contributed by atoms with van der Waals surface area (Å²) in [5.41, 5.74) is 3.72. The molecule has 23 heavy (non-hydrogen) atoms.